The lowest BCUT2D eigenvalue weighted by Gasteiger charge is -1.80. The summed E-state index contributed by atoms with van der Waals surface area (Å²) in [6, 6.07) is 9.97. The number of aliphatic carboxylic acids is 1. The van der Waals surface area contributed by atoms with E-state index in [-0.39, 0.29) is 6.54 Å². The molecule has 0 atom stereocenters. The maximum absolute atomic E-state index is 9.24. The van der Waals surface area contributed by atoms with Gasteiger partial charge in [-0.1, -0.05) is 34.1 Å². The highest BCUT2D eigenvalue weighted by Gasteiger charge is 1.81. The SMILES string of the molecule is Brc1ccccc1.NCC(=O)O. The Kier molecular flexibility index (Phi) is 6.32. The van der Waals surface area contributed by atoms with Crippen molar-refractivity contribution in [2.24, 2.45) is 5.73 Å². The van der Waals surface area contributed by atoms with Gasteiger partial charge in [-0.25, -0.2) is 0 Å². The van der Waals surface area contributed by atoms with E-state index in [0.29, 0.717) is 0 Å². The molecule has 3 nitrogen and oxygen atoms in total. The number of halogens is 1. The summed E-state index contributed by atoms with van der Waals surface area (Å²) in [6.07, 6.45) is 0. The molecule has 66 valence electrons. The number of carboxylic acid groups (broad SMARTS) is 1. The molecule has 0 spiro atoms. The molecule has 0 bridgehead atoms. The molecule has 0 saturated heterocycles. The molecule has 0 aliphatic heterocycles. The van der Waals surface area contributed by atoms with Crippen LogP contribution in [0.3, 0.4) is 0 Å². The molecular weight excluding hydrogens is 222 g/mol. The van der Waals surface area contributed by atoms with Gasteiger partial charge in [0.25, 0.3) is 0 Å². The zero-order valence-corrected chi connectivity index (χ0v) is 7.99. The third-order valence-electron chi connectivity index (χ3n) is 0.908. The van der Waals surface area contributed by atoms with Crippen molar-refractivity contribution in [3.63, 3.8) is 0 Å². The monoisotopic (exact) mass is 231 g/mol. The number of hydrogen-bond donors (Lipinski definition) is 2. The molecule has 0 unspecified atom stereocenters. The Balaban J connectivity index is 0.000000217. The van der Waals surface area contributed by atoms with Crippen molar-refractivity contribution in [2.45, 2.75) is 0 Å². The highest BCUT2D eigenvalue weighted by Crippen LogP contribution is 2.05. The van der Waals surface area contributed by atoms with Crippen LogP contribution in [0.1, 0.15) is 0 Å². The lowest BCUT2D eigenvalue weighted by molar-refractivity contribution is -0.135. The minimum atomic E-state index is -0.968. The molecule has 3 N–H and O–H groups in total. The quantitative estimate of drug-likeness (QED) is 0.770. The smallest absolute Gasteiger partial charge is 0.317 e. The molecule has 0 aliphatic rings. The molecule has 0 aliphatic carbocycles. The predicted molar refractivity (Wildman–Crippen MR) is 50.8 cm³/mol. The number of nitrogens with two attached hydrogens (primary N) is 1. The molecule has 0 heterocycles. The van der Waals surface area contributed by atoms with Crippen LogP contribution in [-0.4, -0.2) is 17.6 Å². The van der Waals surface area contributed by atoms with Crippen LogP contribution in [0.5, 0.6) is 0 Å². The van der Waals surface area contributed by atoms with Crippen LogP contribution < -0.4 is 5.73 Å². The third-order valence-corrected chi connectivity index (χ3v) is 1.44. The molecular formula is C8H10BrNO2. The van der Waals surface area contributed by atoms with Gasteiger partial charge in [0.1, 0.15) is 0 Å². The van der Waals surface area contributed by atoms with Crippen LogP contribution in [0.25, 0.3) is 0 Å². The molecule has 1 rings (SSSR count). The first-order valence-electron chi connectivity index (χ1n) is 3.29. The average Bonchev–Trinajstić information content (AvgIpc) is 2.07. The molecule has 0 fully saturated rings. The summed E-state index contributed by atoms with van der Waals surface area (Å²) >= 11 is 3.31. The van der Waals surface area contributed by atoms with E-state index in [1.165, 1.54) is 0 Å². The van der Waals surface area contributed by atoms with Crippen molar-refractivity contribution in [1.29, 1.82) is 0 Å². The van der Waals surface area contributed by atoms with E-state index in [2.05, 4.69) is 21.7 Å². The second-order valence-electron chi connectivity index (χ2n) is 1.89. The van der Waals surface area contributed by atoms with Gasteiger partial charge in [0, 0.05) is 4.47 Å². The molecule has 0 saturated carbocycles. The van der Waals surface area contributed by atoms with Crippen LogP contribution in [0.15, 0.2) is 34.8 Å². The van der Waals surface area contributed by atoms with Gasteiger partial charge in [0.05, 0.1) is 6.54 Å². The Labute approximate surface area is 79.3 Å². The van der Waals surface area contributed by atoms with E-state index in [4.69, 9.17) is 5.11 Å². The number of hydrogen-bond acceptors (Lipinski definition) is 2. The maximum Gasteiger partial charge on any atom is 0.317 e. The van der Waals surface area contributed by atoms with Crippen LogP contribution in [0.2, 0.25) is 0 Å². The molecule has 0 amide bonds. The standard InChI is InChI=1S/C6H5Br.C2H5NO2/c7-6-4-2-1-3-5-6;3-1-2(4)5/h1-5H;1,3H2,(H,4,5). The van der Waals surface area contributed by atoms with Crippen LogP contribution >= 0.6 is 15.9 Å². The van der Waals surface area contributed by atoms with Crippen molar-refractivity contribution < 1.29 is 9.90 Å². The van der Waals surface area contributed by atoms with Crippen molar-refractivity contribution in [3.05, 3.63) is 34.8 Å². The van der Waals surface area contributed by atoms with Crippen LogP contribution in [0, 0.1) is 0 Å². The first-order chi connectivity index (χ1) is 5.66. The van der Waals surface area contributed by atoms with Gasteiger partial charge in [-0.05, 0) is 12.1 Å². The Morgan fingerprint density at radius 3 is 2.00 bits per heavy atom. The zero-order valence-electron chi connectivity index (χ0n) is 6.40. The Morgan fingerprint density at radius 1 is 1.42 bits per heavy atom. The summed E-state index contributed by atoms with van der Waals surface area (Å²) in [5.41, 5.74) is 4.57. The van der Waals surface area contributed by atoms with Gasteiger partial charge in [-0.2, -0.15) is 0 Å². The van der Waals surface area contributed by atoms with Crippen molar-refractivity contribution in [2.75, 3.05) is 6.54 Å². The van der Waals surface area contributed by atoms with Gasteiger partial charge < -0.3 is 10.8 Å². The normalized spacial score (nSPS) is 8.17. The molecule has 0 radical (unpaired) electrons. The van der Waals surface area contributed by atoms with Gasteiger partial charge in [0.2, 0.25) is 0 Å². The first-order valence-corrected chi connectivity index (χ1v) is 4.08. The molecule has 0 aromatic heterocycles. The van der Waals surface area contributed by atoms with E-state index in [0.717, 1.165) is 4.47 Å². The average molecular weight is 232 g/mol. The summed E-state index contributed by atoms with van der Waals surface area (Å²) in [5, 5.41) is 7.60. The van der Waals surface area contributed by atoms with Gasteiger partial charge in [-0.3, -0.25) is 4.79 Å². The van der Waals surface area contributed by atoms with Gasteiger partial charge >= 0.3 is 5.97 Å². The number of carboxylic acids is 1. The molecule has 12 heavy (non-hydrogen) atoms. The van der Waals surface area contributed by atoms with E-state index in [1.54, 1.807) is 0 Å². The number of rotatable bonds is 1. The minimum absolute atomic E-state index is 0.278. The fraction of sp³-hybridized carbons (Fsp3) is 0.125. The van der Waals surface area contributed by atoms with Gasteiger partial charge in [-0.15, -0.1) is 0 Å². The maximum atomic E-state index is 9.24. The lowest BCUT2D eigenvalue weighted by atomic mass is 10.4. The predicted octanol–water partition coefficient (Wildman–Crippen LogP) is 1.48. The molecule has 1 aromatic rings. The van der Waals surface area contributed by atoms with Crippen molar-refractivity contribution in [3.8, 4) is 0 Å². The largest absolute Gasteiger partial charge is 0.480 e. The summed E-state index contributed by atoms with van der Waals surface area (Å²) < 4.78 is 1.13. The fourth-order valence-electron chi connectivity index (χ4n) is 0.415. The van der Waals surface area contributed by atoms with Crippen molar-refractivity contribution in [1.82, 2.24) is 0 Å². The summed E-state index contributed by atoms with van der Waals surface area (Å²) in [6.45, 7) is -0.278. The van der Waals surface area contributed by atoms with E-state index in [1.807, 2.05) is 30.3 Å². The summed E-state index contributed by atoms with van der Waals surface area (Å²) in [7, 11) is 0. The fourth-order valence-corrected chi connectivity index (χ4v) is 0.720. The summed E-state index contributed by atoms with van der Waals surface area (Å²) in [5.74, 6) is -0.968. The second kappa shape index (κ2) is 6.82. The number of benzene rings is 1. The van der Waals surface area contributed by atoms with E-state index >= 15 is 0 Å². The number of carbonyl (C=O) groups is 1. The highest BCUT2D eigenvalue weighted by atomic mass is 79.9. The Bertz CT molecular complexity index is 226. The highest BCUT2D eigenvalue weighted by molar-refractivity contribution is 9.10. The topological polar surface area (TPSA) is 63.3 Å². The Hall–Kier alpha value is -0.870. The third kappa shape index (κ3) is 7.24. The minimum Gasteiger partial charge on any atom is -0.480 e. The molecule has 4 heteroatoms. The molecule has 1 aromatic carbocycles. The zero-order chi connectivity index (χ0) is 9.40. The first kappa shape index (κ1) is 11.1. The van der Waals surface area contributed by atoms with Crippen LogP contribution in [0.4, 0.5) is 0 Å². The lowest BCUT2D eigenvalue weighted by Crippen LogP contribution is -2.10. The summed E-state index contributed by atoms with van der Waals surface area (Å²) in [4.78, 5) is 9.24. The van der Waals surface area contributed by atoms with Crippen molar-refractivity contribution >= 4 is 21.9 Å². The Morgan fingerprint density at radius 2 is 1.83 bits per heavy atom. The van der Waals surface area contributed by atoms with E-state index in [9.17, 15) is 4.79 Å². The van der Waals surface area contributed by atoms with Crippen LogP contribution in [-0.2, 0) is 4.79 Å². The second-order valence-corrected chi connectivity index (χ2v) is 2.81. The van der Waals surface area contributed by atoms with Gasteiger partial charge in [0.15, 0.2) is 0 Å². The van der Waals surface area contributed by atoms with E-state index < -0.39 is 5.97 Å².